The maximum atomic E-state index is 12.8. The van der Waals surface area contributed by atoms with E-state index >= 15 is 0 Å². The topological polar surface area (TPSA) is 163 Å². The van der Waals surface area contributed by atoms with Gasteiger partial charge in [0.15, 0.2) is 0 Å². The molecule has 0 aliphatic rings. The van der Waals surface area contributed by atoms with Crippen LogP contribution in [0, 0.1) is 0 Å². The van der Waals surface area contributed by atoms with Gasteiger partial charge < -0.3 is 20.5 Å². The number of hydrogen-bond acceptors (Lipinski definition) is 10. The van der Waals surface area contributed by atoms with Crippen molar-refractivity contribution in [3.63, 3.8) is 0 Å². The number of hydrogen-bond donors (Lipinski definition) is 3. The molecule has 0 aliphatic carbocycles. The second-order valence-electron chi connectivity index (χ2n) is 6.82. The van der Waals surface area contributed by atoms with E-state index in [1.807, 2.05) is 0 Å². The fraction of sp³-hybridized carbons (Fsp3) is 0.182. The normalized spacial score (nSPS) is 11.9. The van der Waals surface area contributed by atoms with Gasteiger partial charge in [-0.05, 0) is 37.3 Å². The zero-order chi connectivity index (χ0) is 24.6. The summed E-state index contributed by atoms with van der Waals surface area (Å²) in [4.78, 5) is 33.2. The first-order chi connectivity index (χ1) is 16.3. The van der Waals surface area contributed by atoms with E-state index in [1.54, 1.807) is 43.3 Å². The number of ether oxygens (including phenoxy) is 2. The highest BCUT2D eigenvalue weighted by Gasteiger charge is 2.24. The van der Waals surface area contributed by atoms with E-state index in [2.05, 4.69) is 20.0 Å². The van der Waals surface area contributed by atoms with Crippen LogP contribution in [0.5, 0.6) is 5.75 Å². The lowest BCUT2D eigenvalue weighted by Crippen LogP contribution is -2.43. The van der Waals surface area contributed by atoms with Gasteiger partial charge >= 0.3 is 11.9 Å². The fourth-order valence-electron chi connectivity index (χ4n) is 2.87. The summed E-state index contributed by atoms with van der Waals surface area (Å²) in [6.07, 6.45) is 1.14. The Kier molecular flexibility index (Phi) is 8.24. The smallest absolute Gasteiger partial charge is 0.348 e. The van der Waals surface area contributed by atoms with Gasteiger partial charge in [0.2, 0.25) is 16.0 Å². The highest BCUT2D eigenvalue weighted by Crippen LogP contribution is 2.31. The molecular formula is C22H23N5O6S. The van der Waals surface area contributed by atoms with Crippen molar-refractivity contribution < 1.29 is 27.5 Å². The van der Waals surface area contributed by atoms with E-state index in [4.69, 9.17) is 15.2 Å². The van der Waals surface area contributed by atoms with Crippen molar-refractivity contribution in [1.82, 2.24) is 14.7 Å². The lowest BCUT2D eigenvalue weighted by atomic mass is 10.1. The molecule has 12 heteroatoms. The van der Waals surface area contributed by atoms with Crippen molar-refractivity contribution in [1.29, 1.82) is 0 Å². The van der Waals surface area contributed by atoms with E-state index < -0.39 is 34.5 Å². The van der Waals surface area contributed by atoms with E-state index in [1.165, 1.54) is 30.6 Å². The Bertz CT molecular complexity index is 1240. The molecule has 4 N–H and O–H groups in total. The van der Waals surface area contributed by atoms with Crippen LogP contribution in [-0.2, 0) is 19.6 Å². The third kappa shape index (κ3) is 6.57. The van der Waals surface area contributed by atoms with E-state index in [0.29, 0.717) is 12.4 Å². The monoisotopic (exact) mass is 485 g/mol. The number of esters is 2. The average Bonchev–Trinajstić information content (AvgIpc) is 2.81. The molecule has 0 unspecified atom stereocenters. The summed E-state index contributed by atoms with van der Waals surface area (Å²) in [7, 11) is -3.95. The fourth-order valence-corrected chi connectivity index (χ4v) is 4.00. The SMILES string of the molecule is CCOc1cccc(C(=O)OC(=O)C[C@@H](N)NS(=O)(=O)c2ccccc2)c1Nc1ncccn1. The molecule has 0 bridgehead atoms. The van der Waals surface area contributed by atoms with Crippen molar-refractivity contribution in [2.45, 2.75) is 24.4 Å². The van der Waals surface area contributed by atoms with Gasteiger partial charge in [-0.2, -0.15) is 4.72 Å². The van der Waals surface area contributed by atoms with Crippen molar-refractivity contribution in [3.05, 3.63) is 72.6 Å². The third-order valence-electron chi connectivity index (χ3n) is 4.30. The Labute approximate surface area is 196 Å². The van der Waals surface area contributed by atoms with E-state index in [9.17, 15) is 18.0 Å². The second-order valence-corrected chi connectivity index (χ2v) is 8.53. The minimum absolute atomic E-state index is 0.00908. The van der Waals surface area contributed by atoms with Crippen LogP contribution in [0.15, 0.2) is 71.9 Å². The lowest BCUT2D eigenvalue weighted by molar-refractivity contribution is -0.138. The number of para-hydroxylation sites is 1. The highest BCUT2D eigenvalue weighted by molar-refractivity contribution is 7.89. The predicted molar refractivity (Wildman–Crippen MR) is 123 cm³/mol. The number of carbonyl (C=O) groups is 2. The molecule has 0 saturated heterocycles. The molecule has 2 aromatic carbocycles. The lowest BCUT2D eigenvalue weighted by Gasteiger charge is -2.16. The first-order valence-electron chi connectivity index (χ1n) is 10.2. The predicted octanol–water partition coefficient (Wildman–Crippen LogP) is 1.96. The Morgan fingerprint density at radius 1 is 1.03 bits per heavy atom. The standard InChI is InChI=1S/C22H23N5O6S/c1-2-32-17-11-6-10-16(20(17)26-22-24-12-7-13-25-22)21(29)33-19(28)14-18(23)27-34(30,31)15-8-4-3-5-9-15/h3-13,18,27H,2,14,23H2,1H3,(H,24,25,26)/t18-/m0/s1. The van der Waals surface area contributed by atoms with E-state index in [0.717, 1.165) is 0 Å². The molecule has 0 aliphatic heterocycles. The Hall–Kier alpha value is -3.87. The molecule has 0 saturated carbocycles. The van der Waals surface area contributed by atoms with Crippen LogP contribution in [0.3, 0.4) is 0 Å². The zero-order valence-electron chi connectivity index (χ0n) is 18.2. The molecular weight excluding hydrogens is 462 g/mol. The number of anilines is 2. The van der Waals surface area contributed by atoms with Crippen LogP contribution < -0.4 is 20.5 Å². The van der Waals surface area contributed by atoms with Crippen LogP contribution in [0.4, 0.5) is 11.6 Å². The molecule has 0 fully saturated rings. The molecule has 0 amide bonds. The highest BCUT2D eigenvalue weighted by atomic mass is 32.2. The van der Waals surface area contributed by atoms with Gasteiger partial charge in [0, 0.05) is 12.4 Å². The van der Waals surface area contributed by atoms with Crippen LogP contribution >= 0.6 is 0 Å². The minimum atomic E-state index is -3.95. The summed E-state index contributed by atoms with van der Waals surface area (Å²) in [5, 5.41) is 2.89. The van der Waals surface area contributed by atoms with Gasteiger partial charge in [0.1, 0.15) is 5.75 Å². The maximum absolute atomic E-state index is 12.8. The number of benzene rings is 2. The summed E-state index contributed by atoms with van der Waals surface area (Å²) in [5.74, 6) is -1.48. The van der Waals surface area contributed by atoms with Crippen LogP contribution in [0.1, 0.15) is 23.7 Å². The molecule has 178 valence electrons. The molecule has 1 atom stereocenters. The quantitative estimate of drug-likeness (QED) is 0.220. The molecule has 3 rings (SSSR count). The first kappa shape index (κ1) is 24.8. The van der Waals surface area contributed by atoms with Crippen LogP contribution in [-0.4, -0.2) is 43.1 Å². The van der Waals surface area contributed by atoms with Crippen LogP contribution in [0.25, 0.3) is 0 Å². The van der Waals surface area contributed by atoms with Gasteiger partial charge in [-0.3, -0.25) is 4.79 Å². The van der Waals surface area contributed by atoms with Gasteiger partial charge in [0.05, 0.1) is 35.3 Å². The van der Waals surface area contributed by atoms with Crippen LogP contribution in [0.2, 0.25) is 0 Å². The van der Waals surface area contributed by atoms with Crippen molar-refractivity contribution in [2.75, 3.05) is 11.9 Å². The number of nitrogens with two attached hydrogens (primary N) is 1. The number of rotatable bonds is 10. The summed E-state index contributed by atoms with van der Waals surface area (Å²) >= 11 is 0. The summed E-state index contributed by atoms with van der Waals surface area (Å²) in [5.41, 5.74) is 5.96. The van der Waals surface area contributed by atoms with Gasteiger partial charge in [-0.1, -0.05) is 24.3 Å². The molecule has 11 nitrogen and oxygen atoms in total. The summed E-state index contributed by atoms with van der Waals surface area (Å²) in [6, 6.07) is 13.8. The van der Waals surface area contributed by atoms with Gasteiger partial charge in [-0.15, -0.1) is 0 Å². The van der Waals surface area contributed by atoms with Crippen molar-refractivity contribution in [3.8, 4) is 5.75 Å². The molecule has 34 heavy (non-hydrogen) atoms. The number of aromatic nitrogens is 2. The summed E-state index contributed by atoms with van der Waals surface area (Å²) in [6.45, 7) is 2.09. The number of sulfonamides is 1. The molecule has 0 radical (unpaired) electrons. The third-order valence-corrected chi connectivity index (χ3v) is 5.81. The Morgan fingerprint density at radius 2 is 1.74 bits per heavy atom. The number of carbonyl (C=O) groups excluding carboxylic acids is 2. The number of nitrogens with one attached hydrogen (secondary N) is 2. The van der Waals surface area contributed by atoms with Gasteiger partial charge in [0.25, 0.3) is 0 Å². The first-order valence-corrected chi connectivity index (χ1v) is 11.7. The maximum Gasteiger partial charge on any atom is 0.348 e. The zero-order valence-corrected chi connectivity index (χ0v) is 19.0. The van der Waals surface area contributed by atoms with Crippen molar-refractivity contribution in [2.24, 2.45) is 5.73 Å². The Morgan fingerprint density at radius 3 is 2.41 bits per heavy atom. The molecule has 3 aromatic rings. The second kappa shape index (κ2) is 11.3. The average molecular weight is 486 g/mol. The molecule has 1 heterocycles. The van der Waals surface area contributed by atoms with E-state index in [-0.39, 0.29) is 22.1 Å². The largest absolute Gasteiger partial charge is 0.492 e. The summed E-state index contributed by atoms with van der Waals surface area (Å²) < 4.78 is 37.3. The number of nitrogens with zero attached hydrogens (tertiary/aromatic N) is 2. The Balaban J connectivity index is 1.71. The molecule has 1 aromatic heterocycles. The minimum Gasteiger partial charge on any atom is -0.492 e. The van der Waals surface area contributed by atoms with Gasteiger partial charge in [-0.25, -0.2) is 23.2 Å². The van der Waals surface area contributed by atoms with Crippen molar-refractivity contribution >= 4 is 33.6 Å². The molecule has 0 spiro atoms.